The summed E-state index contributed by atoms with van der Waals surface area (Å²) in [5, 5.41) is 12.2. The van der Waals surface area contributed by atoms with Gasteiger partial charge in [-0.15, -0.1) is 13.2 Å². The van der Waals surface area contributed by atoms with Crippen LogP contribution in [-0.4, -0.2) is 54.3 Å². The number of aliphatic hydroxyl groups is 1. The fraction of sp³-hybridized carbons (Fsp3) is 0.364. The van der Waals surface area contributed by atoms with Crippen LogP contribution in [-0.2, 0) is 4.74 Å². The molecule has 0 radical (unpaired) electrons. The highest BCUT2D eigenvalue weighted by Gasteiger charge is 2.41. The van der Waals surface area contributed by atoms with Crippen LogP contribution in [0.1, 0.15) is 34.3 Å². The third kappa shape index (κ3) is 7.07. The number of hydrogen-bond acceptors (Lipinski definition) is 6. The maximum absolute atomic E-state index is 15.1. The molecule has 2 aromatic rings. The maximum Gasteiger partial charge on any atom is 0.522 e. The Bertz CT molecular complexity index is 1130. The molecule has 1 amide bonds. The van der Waals surface area contributed by atoms with Crippen LogP contribution in [0.4, 0.5) is 30.7 Å². The van der Waals surface area contributed by atoms with Gasteiger partial charge in [0, 0.05) is 18.2 Å². The summed E-state index contributed by atoms with van der Waals surface area (Å²) in [4.78, 5) is 16.4. The van der Waals surface area contributed by atoms with Crippen molar-refractivity contribution in [1.82, 2.24) is 10.3 Å². The van der Waals surface area contributed by atoms with Gasteiger partial charge in [0.2, 0.25) is 0 Å². The Morgan fingerprint density at radius 1 is 1.22 bits per heavy atom. The van der Waals surface area contributed by atoms with Crippen molar-refractivity contribution in [1.29, 1.82) is 0 Å². The van der Waals surface area contributed by atoms with Crippen LogP contribution in [0.3, 0.4) is 0 Å². The number of amides is 1. The molecule has 1 aromatic heterocycles. The van der Waals surface area contributed by atoms with E-state index in [0.717, 1.165) is 12.1 Å². The molecule has 36 heavy (non-hydrogen) atoms. The smallest absolute Gasteiger partial charge is 0.495 e. The Kier molecular flexibility index (Phi) is 8.40. The summed E-state index contributed by atoms with van der Waals surface area (Å²) < 4.78 is 106. The van der Waals surface area contributed by atoms with Gasteiger partial charge < -0.3 is 19.9 Å². The Hall–Kier alpha value is -3.39. The second-order valence-electron chi connectivity index (χ2n) is 7.67. The highest BCUT2D eigenvalue weighted by Crippen LogP contribution is 2.35. The zero-order chi connectivity index (χ0) is 26.6. The number of carbonyl (C=O) groups excluding carboxylic acids is 1. The van der Waals surface area contributed by atoms with Gasteiger partial charge in [-0.3, -0.25) is 14.5 Å². The van der Waals surface area contributed by atoms with Crippen molar-refractivity contribution in [3.05, 3.63) is 53.1 Å². The monoisotopic (exact) mass is 524 g/mol. The number of alkyl halides is 5. The van der Waals surface area contributed by atoms with Gasteiger partial charge in [-0.05, 0) is 36.3 Å². The van der Waals surface area contributed by atoms with Crippen molar-refractivity contribution < 1.29 is 54.8 Å². The van der Waals surface area contributed by atoms with E-state index in [1.165, 1.54) is 25.6 Å². The fourth-order valence-electron chi connectivity index (χ4n) is 3.62. The molecule has 1 saturated carbocycles. The number of rotatable bonds is 8. The number of nitrogens with zero attached hydrogens (tertiary/aromatic N) is 1. The molecule has 1 aromatic carbocycles. The molecule has 0 saturated heterocycles. The molecule has 0 bridgehead atoms. The Balaban J connectivity index is 1.89. The first-order valence-electron chi connectivity index (χ1n) is 10.2. The van der Waals surface area contributed by atoms with Gasteiger partial charge in [-0.25, -0.2) is 8.78 Å². The predicted molar refractivity (Wildman–Crippen MR) is 110 cm³/mol. The zero-order valence-corrected chi connectivity index (χ0v) is 18.4. The van der Waals surface area contributed by atoms with Crippen molar-refractivity contribution in [3.63, 3.8) is 0 Å². The van der Waals surface area contributed by atoms with E-state index in [4.69, 9.17) is 4.74 Å². The van der Waals surface area contributed by atoms with Crippen LogP contribution < -0.4 is 14.8 Å². The van der Waals surface area contributed by atoms with Gasteiger partial charge in [0.15, 0.2) is 11.6 Å². The predicted octanol–water partition coefficient (Wildman–Crippen LogP) is 4.46. The first kappa shape index (κ1) is 27.2. The third-order valence-corrected chi connectivity index (χ3v) is 5.14. The molecule has 1 heterocycles. The van der Waals surface area contributed by atoms with Crippen LogP contribution in [0.2, 0.25) is 0 Å². The van der Waals surface area contributed by atoms with Gasteiger partial charge in [-0.2, -0.15) is 8.78 Å². The number of aliphatic hydroxyl groups excluding tert-OH is 1. The van der Waals surface area contributed by atoms with Crippen LogP contribution in [0.5, 0.6) is 11.5 Å². The summed E-state index contributed by atoms with van der Waals surface area (Å²) in [6, 6.07) is 1.35. The summed E-state index contributed by atoms with van der Waals surface area (Å²) in [7, 11) is 1.33. The molecule has 1 aliphatic rings. The molecule has 1 fully saturated rings. The van der Waals surface area contributed by atoms with Crippen molar-refractivity contribution >= 4 is 17.8 Å². The van der Waals surface area contributed by atoms with E-state index < -0.39 is 78.5 Å². The molecule has 3 rings (SSSR count). The van der Waals surface area contributed by atoms with Gasteiger partial charge in [0.1, 0.15) is 11.6 Å². The molecule has 3 atom stereocenters. The largest absolute Gasteiger partial charge is 0.522 e. The summed E-state index contributed by atoms with van der Waals surface area (Å²) in [6.07, 6.45) is -5.33. The maximum atomic E-state index is 15.1. The first-order valence-corrected chi connectivity index (χ1v) is 10.2. The van der Waals surface area contributed by atoms with Crippen LogP contribution in [0.25, 0.3) is 11.9 Å². The number of ether oxygens (including phenoxy) is 3. The first-order chi connectivity index (χ1) is 16.9. The van der Waals surface area contributed by atoms with Crippen LogP contribution in [0.15, 0.2) is 30.6 Å². The number of hydrogen-bond donors (Lipinski definition) is 2. The molecular formula is C22H19F7N2O5. The zero-order valence-electron chi connectivity index (χ0n) is 18.4. The van der Waals surface area contributed by atoms with Crippen molar-refractivity contribution in [2.24, 2.45) is 0 Å². The molecular weight excluding hydrogens is 505 g/mol. The lowest BCUT2D eigenvalue weighted by molar-refractivity contribution is -0.342. The second-order valence-corrected chi connectivity index (χ2v) is 7.67. The lowest BCUT2D eigenvalue weighted by Crippen LogP contribution is -2.40. The molecule has 0 unspecified atom stereocenters. The molecule has 14 heteroatoms. The van der Waals surface area contributed by atoms with E-state index in [0.29, 0.717) is 6.07 Å². The summed E-state index contributed by atoms with van der Waals surface area (Å²) in [6.45, 7) is -3.52. The lowest BCUT2D eigenvalue weighted by Gasteiger charge is -2.18. The minimum Gasteiger partial charge on any atom is -0.495 e. The van der Waals surface area contributed by atoms with Gasteiger partial charge in [0.25, 0.3) is 5.91 Å². The number of nitrogens with one attached hydrogen (secondary N) is 1. The summed E-state index contributed by atoms with van der Waals surface area (Å²) >= 11 is 0. The molecule has 0 spiro atoms. The van der Waals surface area contributed by atoms with Gasteiger partial charge in [-0.1, -0.05) is 0 Å². The molecule has 1 aliphatic carbocycles. The number of methoxy groups -OCH3 is 1. The van der Waals surface area contributed by atoms with E-state index in [-0.39, 0.29) is 11.3 Å². The van der Waals surface area contributed by atoms with Crippen LogP contribution >= 0.6 is 0 Å². The van der Waals surface area contributed by atoms with Crippen molar-refractivity contribution in [3.8, 4) is 11.5 Å². The van der Waals surface area contributed by atoms with Crippen LogP contribution in [0, 0.1) is 5.82 Å². The standard InChI is InChI=1S/C22H19F7N2O5/c1-34-13-2-10(8-30-9-13)3-15(23)14-4-11(5-16(24)19(14)35-21(25)26)20(33)31-17-6-12(7-18(17)32)36-22(27,28)29/h2-5,8-9,12,17-18,21,32H,6-7H2,1H3,(H,31,33)/b15-3-/t12-,17-,18-/m0/s1. The average molecular weight is 524 g/mol. The Labute approximate surface area is 199 Å². The average Bonchev–Trinajstić information content (AvgIpc) is 3.11. The number of aromatic nitrogens is 1. The normalized spacial score (nSPS) is 20.5. The van der Waals surface area contributed by atoms with Crippen molar-refractivity contribution in [2.75, 3.05) is 7.11 Å². The highest BCUT2D eigenvalue weighted by atomic mass is 19.4. The number of carbonyl (C=O) groups is 1. The molecule has 0 aliphatic heterocycles. The van der Waals surface area contributed by atoms with E-state index in [9.17, 15) is 36.2 Å². The number of halogens is 7. The minimum absolute atomic E-state index is 0.106. The molecule has 7 nitrogen and oxygen atoms in total. The second kappa shape index (κ2) is 11.1. The highest BCUT2D eigenvalue weighted by molar-refractivity contribution is 5.96. The number of benzene rings is 1. The lowest BCUT2D eigenvalue weighted by atomic mass is 10.0. The Morgan fingerprint density at radius 3 is 2.58 bits per heavy atom. The quantitative estimate of drug-likeness (QED) is 0.496. The topological polar surface area (TPSA) is 89.9 Å². The number of pyridine rings is 1. The Morgan fingerprint density at radius 2 is 1.94 bits per heavy atom. The van der Waals surface area contributed by atoms with Gasteiger partial charge >= 0.3 is 13.0 Å². The summed E-state index contributed by atoms with van der Waals surface area (Å²) in [5.41, 5.74) is -1.30. The molecule has 196 valence electrons. The molecule has 2 N–H and O–H groups in total. The van der Waals surface area contributed by atoms with E-state index in [2.05, 4.69) is 19.8 Å². The SMILES string of the molecule is COc1cncc(/C=C(\F)c2cc(C(=O)N[C@H]3C[C@H](OC(F)(F)F)C[C@@H]3O)cc(F)c2OC(F)F)c1. The van der Waals surface area contributed by atoms with Crippen molar-refractivity contribution in [2.45, 2.75) is 44.1 Å². The summed E-state index contributed by atoms with van der Waals surface area (Å²) in [5.74, 6) is -4.82. The minimum atomic E-state index is -4.95. The van der Waals surface area contributed by atoms with E-state index in [1.807, 2.05) is 0 Å². The van der Waals surface area contributed by atoms with Gasteiger partial charge in [0.05, 0.1) is 37.1 Å². The fourth-order valence-corrected chi connectivity index (χ4v) is 3.62. The van der Waals surface area contributed by atoms with E-state index >= 15 is 4.39 Å². The van der Waals surface area contributed by atoms with E-state index in [1.54, 1.807) is 0 Å². The third-order valence-electron chi connectivity index (χ3n) is 5.14.